The van der Waals surface area contributed by atoms with Crippen LogP contribution in [-0.2, 0) is 16.6 Å². The van der Waals surface area contributed by atoms with Crippen LogP contribution in [0.3, 0.4) is 0 Å². The molecule has 96 valence electrons. The zero-order valence-electron chi connectivity index (χ0n) is 9.13. The average Bonchev–Trinajstić information content (AvgIpc) is 2.74. The molecule has 0 spiro atoms. The van der Waals surface area contributed by atoms with Crippen LogP contribution < -0.4 is 10.5 Å². The van der Waals surface area contributed by atoms with Crippen molar-refractivity contribution >= 4 is 27.4 Å². The molecule has 2 aromatic heterocycles. The van der Waals surface area contributed by atoms with Crippen molar-refractivity contribution in [3.8, 4) is 0 Å². The van der Waals surface area contributed by atoms with Gasteiger partial charge in [0.1, 0.15) is 16.7 Å². The van der Waals surface area contributed by atoms with E-state index in [-0.39, 0.29) is 11.6 Å². The third-order valence-corrected chi connectivity index (χ3v) is 3.07. The molecule has 0 bridgehead atoms. The van der Waals surface area contributed by atoms with E-state index in [0.29, 0.717) is 16.7 Å². The fraction of sp³-hybridized carbons (Fsp3) is 0.100. The summed E-state index contributed by atoms with van der Waals surface area (Å²) in [7, 11) is -3.80. The van der Waals surface area contributed by atoms with Gasteiger partial charge >= 0.3 is 0 Å². The normalized spacial score (nSPS) is 11.4. The first-order valence-electron chi connectivity index (χ1n) is 4.93. The summed E-state index contributed by atoms with van der Waals surface area (Å²) in [5.74, 6) is 0.997. The van der Waals surface area contributed by atoms with Gasteiger partial charge in [-0.25, -0.2) is 18.5 Å². The number of rotatable bonds is 4. The highest BCUT2D eigenvalue weighted by atomic mass is 35.5. The molecule has 0 aliphatic carbocycles. The molecule has 3 N–H and O–H groups in total. The highest BCUT2D eigenvalue weighted by molar-refractivity contribution is 7.89. The molecule has 2 aromatic rings. The van der Waals surface area contributed by atoms with Crippen LogP contribution >= 0.6 is 11.6 Å². The molecule has 6 nitrogen and oxygen atoms in total. The standard InChI is InChI=1S/C10H10ClN3O3S/c11-8-2-1-3-9(14-8)13-6-7-4-5-10(17-7)18(12,15)16/h1-5H,6H2,(H,13,14)(H2,12,15,16). The molecule has 0 saturated heterocycles. The van der Waals surface area contributed by atoms with Gasteiger partial charge in [0.25, 0.3) is 10.0 Å². The van der Waals surface area contributed by atoms with Crippen molar-refractivity contribution in [1.29, 1.82) is 0 Å². The minimum absolute atomic E-state index is 0.265. The second kappa shape index (κ2) is 4.97. The summed E-state index contributed by atoms with van der Waals surface area (Å²) in [6.45, 7) is 0.281. The number of furan rings is 1. The molecule has 0 fully saturated rings. The van der Waals surface area contributed by atoms with Gasteiger partial charge in [-0.3, -0.25) is 0 Å². The summed E-state index contributed by atoms with van der Waals surface area (Å²) in [4.78, 5) is 4.01. The first-order valence-corrected chi connectivity index (χ1v) is 6.85. The first-order chi connectivity index (χ1) is 8.45. The Balaban J connectivity index is 2.05. The Bertz CT molecular complexity index is 654. The predicted octanol–water partition coefficient (Wildman–Crippen LogP) is 1.59. The van der Waals surface area contributed by atoms with Gasteiger partial charge in [-0.1, -0.05) is 17.7 Å². The summed E-state index contributed by atoms with van der Waals surface area (Å²) < 4.78 is 27.1. The maximum absolute atomic E-state index is 11.0. The number of primary sulfonamides is 1. The predicted molar refractivity (Wildman–Crippen MR) is 66.7 cm³/mol. The van der Waals surface area contributed by atoms with Gasteiger partial charge in [-0.05, 0) is 24.3 Å². The molecule has 18 heavy (non-hydrogen) atoms. The number of sulfonamides is 1. The Labute approximate surface area is 109 Å². The smallest absolute Gasteiger partial charge is 0.271 e. The lowest BCUT2D eigenvalue weighted by atomic mass is 10.4. The van der Waals surface area contributed by atoms with E-state index in [9.17, 15) is 8.42 Å². The second-order valence-electron chi connectivity index (χ2n) is 3.46. The van der Waals surface area contributed by atoms with Crippen LogP contribution in [0, 0.1) is 0 Å². The Morgan fingerprint density at radius 3 is 2.72 bits per heavy atom. The average molecular weight is 288 g/mol. The summed E-state index contributed by atoms with van der Waals surface area (Å²) >= 11 is 5.72. The minimum atomic E-state index is -3.80. The van der Waals surface area contributed by atoms with Gasteiger partial charge in [-0.15, -0.1) is 0 Å². The van der Waals surface area contributed by atoms with Gasteiger partial charge in [-0.2, -0.15) is 0 Å². The van der Waals surface area contributed by atoms with E-state index in [4.69, 9.17) is 21.2 Å². The second-order valence-corrected chi connectivity index (χ2v) is 5.34. The number of anilines is 1. The van der Waals surface area contributed by atoms with Gasteiger partial charge in [0.05, 0.1) is 6.54 Å². The molecule has 0 atom stereocenters. The van der Waals surface area contributed by atoms with Crippen molar-refractivity contribution in [2.45, 2.75) is 11.6 Å². The van der Waals surface area contributed by atoms with E-state index in [0.717, 1.165) is 0 Å². The van der Waals surface area contributed by atoms with Crippen LogP contribution in [0.5, 0.6) is 0 Å². The maximum Gasteiger partial charge on any atom is 0.271 e. The molecular formula is C10H10ClN3O3S. The van der Waals surface area contributed by atoms with Crippen molar-refractivity contribution in [3.05, 3.63) is 41.2 Å². The summed E-state index contributed by atoms with van der Waals surface area (Å²) in [6.07, 6.45) is 0. The van der Waals surface area contributed by atoms with Gasteiger partial charge in [0, 0.05) is 0 Å². The lowest BCUT2D eigenvalue weighted by molar-refractivity contribution is 0.419. The fourth-order valence-corrected chi connectivity index (χ4v) is 1.94. The van der Waals surface area contributed by atoms with Crippen molar-refractivity contribution in [3.63, 3.8) is 0 Å². The van der Waals surface area contributed by atoms with Crippen LogP contribution in [0.4, 0.5) is 5.82 Å². The largest absolute Gasteiger partial charge is 0.446 e. The number of aromatic nitrogens is 1. The maximum atomic E-state index is 11.0. The van der Waals surface area contributed by atoms with Crippen LogP contribution in [0.15, 0.2) is 39.8 Å². The Morgan fingerprint density at radius 1 is 1.33 bits per heavy atom. The zero-order valence-corrected chi connectivity index (χ0v) is 10.7. The van der Waals surface area contributed by atoms with Crippen LogP contribution in [0.25, 0.3) is 0 Å². The summed E-state index contributed by atoms with van der Waals surface area (Å²) in [6, 6.07) is 7.96. The van der Waals surface area contributed by atoms with E-state index in [2.05, 4.69) is 10.3 Å². The Hall–Kier alpha value is -1.57. The molecule has 2 rings (SSSR count). The van der Waals surface area contributed by atoms with E-state index in [1.54, 1.807) is 18.2 Å². The van der Waals surface area contributed by atoms with Crippen LogP contribution in [0.2, 0.25) is 5.15 Å². The molecular weight excluding hydrogens is 278 g/mol. The fourth-order valence-electron chi connectivity index (χ4n) is 1.29. The Kier molecular flexibility index (Phi) is 3.55. The number of nitrogens with zero attached hydrogens (tertiary/aromatic N) is 1. The minimum Gasteiger partial charge on any atom is -0.446 e. The monoisotopic (exact) mass is 287 g/mol. The number of nitrogens with two attached hydrogens (primary N) is 1. The van der Waals surface area contributed by atoms with Crippen molar-refractivity contribution in [2.24, 2.45) is 5.14 Å². The number of pyridine rings is 1. The quantitative estimate of drug-likeness (QED) is 0.832. The zero-order chi connectivity index (χ0) is 13.2. The molecule has 0 aliphatic heterocycles. The third-order valence-electron chi connectivity index (χ3n) is 2.08. The van der Waals surface area contributed by atoms with Crippen LogP contribution in [-0.4, -0.2) is 13.4 Å². The van der Waals surface area contributed by atoms with E-state index in [1.807, 2.05) is 0 Å². The molecule has 0 unspecified atom stereocenters. The van der Waals surface area contributed by atoms with E-state index >= 15 is 0 Å². The molecule has 2 heterocycles. The number of halogens is 1. The Morgan fingerprint density at radius 2 is 2.11 bits per heavy atom. The van der Waals surface area contributed by atoms with E-state index in [1.165, 1.54) is 12.1 Å². The molecule has 0 aromatic carbocycles. The van der Waals surface area contributed by atoms with Crippen molar-refractivity contribution in [2.75, 3.05) is 5.32 Å². The lowest BCUT2D eigenvalue weighted by Crippen LogP contribution is -2.10. The highest BCUT2D eigenvalue weighted by Gasteiger charge is 2.12. The summed E-state index contributed by atoms with van der Waals surface area (Å²) in [5.41, 5.74) is 0. The van der Waals surface area contributed by atoms with Crippen molar-refractivity contribution < 1.29 is 12.8 Å². The van der Waals surface area contributed by atoms with Crippen LogP contribution in [0.1, 0.15) is 5.76 Å². The SMILES string of the molecule is NS(=O)(=O)c1ccc(CNc2cccc(Cl)n2)o1. The third kappa shape index (κ3) is 3.22. The van der Waals surface area contributed by atoms with Gasteiger partial charge in [0.2, 0.25) is 5.09 Å². The van der Waals surface area contributed by atoms with Gasteiger partial charge in [0.15, 0.2) is 0 Å². The first kappa shape index (κ1) is 12.9. The molecule has 0 saturated carbocycles. The van der Waals surface area contributed by atoms with E-state index < -0.39 is 10.0 Å². The van der Waals surface area contributed by atoms with Crippen molar-refractivity contribution in [1.82, 2.24) is 4.98 Å². The lowest BCUT2D eigenvalue weighted by Gasteiger charge is -2.03. The summed E-state index contributed by atoms with van der Waals surface area (Å²) in [5, 5.41) is 7.97. The molecule has 0 amide bonds. The highest BCUT2D eigenvalue weighted by Crippen LogP contribution is 2.14. The number of hydrogen-bond acceptors (Lipinski definition) is 5. The topological polar surface area (TPSA) is 98.2 Å². The molecule has 0 radical (unpaired) electrons. The molecule has 0 aliphatic rings. The number of hydrogen-bond donors (Lipinski definition) is 2. The number of nitrogens with one attached hydrogen (secondary N) is 1. The van der Waals surface area contributed by atoms with Gasteiger partial charge < -0.3 is 9.73 Å². The molecule has 8 heteroatoms.